The predicted octanol–water partition coefficient (Wildman–Crippen LogP) is 3.82. The van der Waals surface area contributed by atoms with Gasteiger partial charge in [-0.1, -0.05) is 28.1 Å². The van der Waals surface area contributed by atoms with Crippen molar-refractivity contribution in [1.82, 2.24) is 10.2 Å². The number of rotatable bonds is 5. The number of nitrogens with one attached hydrogen (secondary N) is 1. The average molecular weight is 451 g/mol. The lowest BCUT2D eigenvalue weighted by Gasteiger charge is -2.32. The Morgan fingerprint density at radius 1 is 1.07 bits per heavy atom. The molecule has 2 aromatic rings. The molecule has 4 nitrogen and oxygen atoms in total. The zero-order valence-corrected chi connectivity index (χ0v) is 16.8. The molecule has 3 rings (SSSR count). The standard InChI is InChI=1S/C21H21BrF2N2O2/c22-17-8-15(9-19(24)11-17)12-25-21(28)16-2-1-7-26(13-16)20(27)10-14-3-5-18(23)6-4-14/h3-6,8-9,11,16H,1-2,7,10,12-13H2,(H,25,28). The lowest BCUT2D eigenvalue weighted by molar-refractivity contribution is -0.135. The number of carbonyl (C=O) groups is 2. The van der Waals surface area contributed by atoms with Gasteiger partial charge in [-0.15, -0.1) is 0 Å². The second-order valence-electron chi connectivity index (χ2n) is 6.98. The quantitative estimate of drug-likeness (QED) is 0.752. The maximum absolute atomic E-state index is 13.4. The number of hydrogen-bond donors (Lipinski definition) is 1. The van der Waals surface area contributed by atoms with Gasteiger partial charge < -0.3 is 10.2 Å². The van der Waals surface area contributed by atoms with Crippen molar-refractivity contribution in [3.8, 4) is 0 Å². The van der Waals surface area contributed by atoms with Crippen molar-refractivity contribution in [3.05, 3.63) is 69.7 Å². The van der Waals surface area contributed by atoms with E-state index in [0.717, 1.165) is 12.0 Å². The highest BCUT2D eigenvalue weighted by Crippen LogP contribution is 2.19. The first-order valence-corrected chi connectivity index (χ1v) is 9.95. The van der Waals surface area contributed by atoms with E-state index in [0.29, 0.717) is 29.5 Å². The van der Waals surface area contributed by atoms with Crippen molar-refractivity contribution in [2.45, 2.75) is 25.8 Å². The third kappa shape index (κ3) is 5.61. The summed E-state index contributed by atoms with van der Waals surface area (Å²) in [5.41, 5.74) is 1.41. The highest BCUT2D eigenvalue weighted by atomic mass is 79.9. The number of nitrogens with zero attached hydrogens (tertiary/aromatic N) is 1. The fraction of sp³-hybridized carbons (Fsp3) is 0.333. The van der Waals surface area contributed by atoms with Crippen LogP contribution in [-0.2, 0) is 22.6 Å². The van der Waals surface area contributed by atoms with Gasteiger partial charge in [0, 0.05) is 24.1 Å². The van der Waals surface area contributed by atoms with Gasteiger partial charge in [-0.05, 0) is 54.3 Å². The summed E-state index contributed by atoms with van der Waals surface area (Å²) in [5, 5.41) is 2.83. The second kappa shape index (κ2) is 9.28. The zero-order valence-electron chi connectivity index (χ0n) is 15.3. The first kappa shape index (κ1) is 20.5. The van der Waals surface area contributed by atoms with E-state index in [4.69, 9.17) is 0 Å². The SMILES string of the molecule is O=C(NCc1cc(F)cc(Br)c1)C1CCCN(C(=O)Cc2ccc(F)cc2)C1. The molecular weight excluding hydrogens is 430 g/mol. The van der Waals surface area contributed by atoms with Gasteiger partial charge in [-0.25, -0.2) is 8.78 Å². The van der Waals surface area contributed by atoms with Crippen molar-refractivity contribution in [3.63, 3.8) is 0 Å². The van der Waals surface area contributed by atoms with Crippen LogP contribution in [-0.4, -0.2) is 29.8 Å². The molecule has 1 saturated heterocycles. The lowest BCUT2D eigenvalue weighted by Crippen LogP contribution is -2.45. The van der Waals surface area contributed by atoms with Crippen molar-refractivity contribution in [1.29, 1.82) is 0 Å². The molecule has 1 N–H and O–H groups in total. The average Bonchev–Trinajstić information content (AvgIpc) is 2.67. The maximum Gasteiger partial charge on any atom is 0.227 e. The highest BCUT2D eigenvalue weighted by Gasteiger charge is 2.28. The van der Waals surface area contributed by atoms with E-state index in [2.05, 4.69) is 21.2 Å². The van der Waals surface area contributed by atoms with Gasteiger partial charge in [-0.3, -0.25) is 9.59 Å². The summed E-state index contributed by atoms with van der Waals surface area (Å²) in [7, 11) is 0. The summed E-state index contributed by atoms with van der Waals surface area (Å²) in [6.45, 7) is 1.20. The minimum Gasteiger partial charge on any atom is -0.352 e. The van der Waals surface area contributed by atoms with E-state index in [9.17, 15) is 18.4 Å². The van der Waals surface area contributed by atoms with Gasteiger partial charge in [0.05, 0.1) is 12.3 Å². The molecule has 1 heterocycles. The molecule has 2 aromatic carbocycles. The van der Waals surface area contributed by atoms with Crippen LogP contribution < -0.4 is 5.32 Å². The van der Waals surface area contributed by atoms with Gasteiger partial charge in [0.25, 0.3) is 0 Å². The molecule has 1 aliphatic heterocycles. The number of amides is 2. The fourth-order valence-electron chi connectivity index (χ4n) is 3.35. The van der Waals surface area contributed by atoms with Crippen molar-refractivity contribution >= 4 is 27.7 Å². The number of benzene rings is 2. The third-order valence-electron chi connectivity index (χ3n) is 4.80. The highest BCUT2D eigenvalue weighted by molar-refractivity contribution is 9.10. The van der Waals surface area contributed by atoms with Crippen LogP contribution in [0, 0.1) is 17.6 Å². The van der Waals surface area contributed by atoms with Crippen LogP contribution in [0.15, 0.2) is 46.9 Å². The molecule has 1 unspecified atom stereocenters. The van der Waals surface area contributed by atoms with Crippen LogP contribution in [0.5, 0.6) is 0 Å². The topological polar surface area (TPSA) is 49.4 Å². The van der Waals surface area contributed by atoms with Crippen LogP contribution >= 0.6 is 15.9 Å². The van der Waals surface area contributed by atoms with E-state index in [1.165, 1.54) is 24.3 Å². The largest absolute Gasteiger partial charge is 0.352 e. The zero-order chi connectivity index (χ0) is 20.1. The minimum absolute atomic E-state index is 0.0711. The minimum atomic E-state index is -0.367. The van der Waals surface area contributed by atoms with Gasteiger partial charge in [-0.2, -0.15) is 0 Å². The molecule has 28 heavy (non-hydrogen) atoms. The van der Waals surface area contributed by atoms with Gasteiger partial charge in [0.2, 0.25) is 11.8 Å². The molecule has 0 aromatic heterocycles. The first-order valence-electron chi connectivity index (χ1n) is 9.15. The normalized spacial score (nSPS) is 16.7. The molecule has 0 radical (unpaired) electrons. The molecule has 0 spiro atoms. The Morgan fingerprint density at radius 3 is 2.54 bits per heavy atom. The smallest absolute Gasteiger partial charge is 0.227 e. The Balaban J connectivity index is 1.53. The lowest BCUT2D eigenvalue weighted by atomic mass is 9.96. The summed E-state index contributed by atoms with van der Waals surface area (Å²) in [6, 6.07) is 10.3. The van der Waals surface area contributed by atoms with Crippen molar-refractivity contribution < 1.29 is 18.4 Å². The van der Waals surface area contributed by atoms with Gasteiger partial charge >= 0.3 is 0 Å². The van der Waals surface area contributed by atoms with Crippen LogP contribution in [0.4, 0.5) is 8.78 Å². The van der Waals surface area contributed by atoms with Crippen LogP contribution in [0.3, 0.4) is 0 Å². The number of carbonyl (C=O) groups excluding carboxylic acids is 2. The number of halogens is 3. The number of hydrogen-bond acceptors (Lipinski definition) is 2. The Bertz CT molecular complexity index is 838. The second-order valence-corrected chi connectivity index (χ2v) is 7.89. The Labute approximate surface area is 171 Å². The van der Waals surface area contributed by atoms with Crippen LogP contribution in [0.1, 0.15) is 24.0 Å². The third-order valence-corrected chi connectivity index (χ3v) is 5.26. The molecule has 1 atom stereocenters. The van der Waals surface area contributed by atoms with Gasteiger partial charge in [0.15, 0.2) is 0 Å². The number of likely N-dealkylation sites (tertiary alicyclic amines) is 1. The summed E-state index contributed by atoms with van der Waals surface area (Å²) in [5.74, 6) is -1.20. The van der Waals surface area contributed by atoms with E-state index in [-0.39, 0.29) is 42.3 Å². The molecule has 0 bridgehead atoms. The van der Waals surface area contributed by atoms with E-state index >= 15 is 0 Å². The van der Waals surface area contributed by atoms with Crippen molar-refractivity contribution in [2.24, 2.45) is 5.92 Å². The molecule has 1 fully saturated rings. The molecule has 0 saturated carbocycles. The monoisotopic (exact) mass is 450 g/mol. The maximum atomic E-state index is 13.4. The molecule has 1 aliphatic rings. The Morgan fingerprint density at radius 2 is 1.82 bits per heavy atom. The van der Waals surface area contributed by atoms with Gasteiger partial charge in [0.1, 0.15) is 11.6 Å². The Kier molecular flexibility index (Phi) is 6.78. The van der Waals surface area contributed by atoms with Crippen LogP contribution in [0.2, 0.25) is 0 Å². The molecule has 2 amide bonds. The predicted molar refractivity (Wildman–Crippen MR) is 105 cm³/mol. The summed E-state index contributed by atoms with van der Waals surface area (Å²) >= 11 is 3.23. The van der Waals surface area contributed by atoms with E-state index in [1.54, 1.807) is 23.1 Å². The van der Waals surface area contributed by atoms with Crippen LogP contribution in [0.25, 0.3) is 0 Å². The summed E-state index contributed by atoms with van der Waals surface area (Å²) in [4.78, 5) is 26.7. The molecule has 148 valence electrons. The first-order chi connectivity index (χ1) is 13.4. The Hall–Kier alpha value is -2.28. The molecule has 7 heteroatoms. The molecule has 0 aliphatic carbocycles. The van der Waals surface area contributed by atoms with E-state index in [1.807, 2.05) is 0 Å². The molecular formula is C21H21BrF2N2O2. The van der Waals surface area contributed by atoms with E-state index < -0.39 is 0 Å². The number of piperidine rings is 1. The summed E-state index contributed by atoms with van der Waals surface area (Å²) in [6.07, 6.45) is 1.64. The fourth-order valence-corrected chi connectivity index (χ4v) is 3.87. The summed E-state index contributed by atoms with van der Waals surface area (Å²) < 4.78 is 27.1. The van der Waals surface area contributed by atoms with Crippen molar-refractivity contribution in [2.75, 3.05) is 13.1 Å².